The fourth-order valence-corrected chi connectivity index (χ4v) is 2.36. The van der Waals surface area contributed by atoms with Gasteiger partial charge in [0, 0.05) is 5.69 Å². The van der Waals surface area contributed by atoms with E-state index in [1.54, 1.807) is 0 Å². The molecule has 1 heterocycles. The van der Waals surface area contributed by atoms with E-state index >= 15 is 0 Å². The van der Waals surface area contributed by atoms with Crippen LogP contribution >= 0.6 is 0 Å². The second-order valence-corrected chi connectivity index (χ2v) is 5.41. The van der Waals surface area contributed by atoms with E-state index in [-0.39, 0.29) is 10.9 Å². The zero-order valence-corrected chi connectivity index (χ0v) is 11.2. The van der Waals surface area contributed by atoms with Crippen molar-refractivity contribution in [2.24, 2.45) is 0 Å². The highest BCUT2D eigenvalue weighted by Crippen LogP contribution is 2.19. The summed E-state index contributed by atoms with van der Waals surface area (Å²) in [6, 6.07) is 5.29. The number of nitrogens with one attached hydrogen (secondary N) is 1. The topological polar surface area (TPSA) is 107 Å². The molecule has 0 aliphatic carbocycles. The van der Waals surface area contributed by atoms with Crippen LogP contribution in [-0.2, 0) is 10.0 Å². The van der Waals surface area contributed by atoms with Crippen molar-refractivity contribution in [3.63, 3.8) is 0 Å². The van der Waals surface area contributed by atoms with Crippen LogP contribution in [0.1, 0.15) is 0 Å². The maximum atomic E-state index is 13.5. The Bertz CT molecular complexity index is 719. The number of hydrogen-bond donors (Lipinski definition) is 2. The van der Waals surface area contributed by atoms with Gasteiger partial charge in [0.15, 0.2) is 11.6 Å². The summed E-state index contributed by atoms with van der Waals surface area (Å²) in [5, 5.41) is 0. The van der Waals surface area contributed by atoms with Crippen molar-refractivity contribution in [2.75, 3.05) is 17.6 Å². The second-order valence-electron chi connectivity index (χ2n) is 3.73. The van der Waals surface area contributed by atoms with Crippen molar-refractivity contribution >= 4 is 21.5 Å². The molecule has 2 rings (SSSR count). The van der Waals surface area contributed by atoms with Crippen LogP contribution in [0.4, 0.5) is 15.9 Å². The Morgan fingerprint density at radius 1 is 1.30 bits per heavy atom. The number of benzene rings is 1. The lowest BCUT2D eigenvalue weighted by atomic mass is 10.3. The molecule has 0 amide bonds. The predicted octanol–water partition coefficient (Wildman–Crippen LogP) is 1.01. The highest BCUT2D eigenvalue weighted by molar-refractivity contribution is 7.92. The van der Waals surface area contributed by atoms with Gasteiger partial charge in [-0.05, 0) is 24.3 Å². The van der Waals surface area contributed by atoms with Crippen LogP contribution in [0.15, 0.2) is 35.4 Å². The Labute approximate surface area is 114 Å². The summed E-state index contributed by atoms with van der Waals surface area (Å²) >= 11 is 0. The Morgan fingerprint density at radius 2 is 1.95 bits per heavy atom. The molecule has 0 saturated heterocycles. The minimum atomic E-state index is -3.97. The molecule has 1 aromatic carbocycles. The van der Waals surface area contributed by atoms with Crippen LogP contribution < -0.4 is 15.2 Å². The van der Waals surface area contributed by atoms with Crippen LogP contribution in [0.2, 0.25) is 0 Å². The van der Waals surface area contributed by atoms with Crippen molar-refractivity contribution in [1.82, 2.24) is 9.97 Å². The van der Waals surface area contributed by atoms with Crippen molar-refractivity contribution in [2.45, 2.75) is 4.90 Å². The lowest BCUT2D eigenvalue weighted by Crippen LogP contribution is -2.15. The number of ether oxygens (including phenoxy) is 1. The minimum absolute atomic E-state index is 0.0660. The first kappa shape index (κ1) is 14.0. The van der Waals surface area contributed by atoms with Gasteiger partial charge in [-0.15, -0.1) is 0 Å². The average molecular weight is 298 g/mol. The zero-order chi connectivity index (χ0) is 14.8. The largest absolute Gasteiger partial charge is 0.467 e. The molecule has 0 atom stereocenters. The molecule has 7 nitrogen and oxygen atoms in total. The molecule has 0 spiro atoms. The lowest BCUT2D eigenvalue weighted by Gasteiger charge is -2.08. The lowest BCUT2D eigenvalue weighted by molar-refractivity contribution is 0.377. The molecule has 2 aromatic rings. The molecule has 0 aliphatic heterocycles. The molecule has 3 N–H and O–H groups in total. The van der Waals surface area contributed by atoms with Gasteiger partial charge >= 0.3 is 6.01 Å². The van der Waals surface area contributed by atoms with Gasteiger partial charge in [0.05, 0.1) is 18.2 Å². The molecule has 1 aromatic heterocycles. The monoisotopic (exact) mass is 298 g/mol. The van der Waals surface area contributed by atoms with Gasteiger partial charge in [-0.2, -0.15) is 4.98 Å². The van der Waals surface area contributed by atoms with Crippen molar-refractivity contribution in [3.8, 4) is 6.01 Å². The Kier molecular flexibility index (Phi) is 3.70. The van der Waals surface area contributed by atoms with Gasteiger partial charge in [-0.3, -0.25) is 4.72 Å². The third kappa shape index (κ3) is 2.94. The van der Waals surface area contributed by atoms with Gasteiger partial charge in [-0.1, -0.05) is 0 Å². The summed E-state index contributed by atoms with van der Waals surface area (Å²) in [7, 11) is -2.69. The standard InChI is InChI=1S/C11H11FN4O3S/c1-19-11-14-6-9(12)10(15-11)16-20(17,18)8-4-2-7(13)3-5-8/h2-6H,13H2,1H3,(H,14,15,16). The highest BCUT2D eigenvalue weighted by atomic mass is 32.2. The summed E-state index contributed by atoms with van der Waals surface area (Å²) in [6.07, 6.45) is 0.812. The molecule has 0 fully saturated rings. The fraction of sp³-hybridized carbons (Fsp3) is 0.0909. The fourth-order valence-electron chi connectivity index (χ4n) is 1.35. The van der Waals surface area contributed by atoms with E-state index in [1.807, 2.05) is 4.72 Å². The van der Waals surface area contributed by atoms with E-state index in [2.05, 4.69) is 9.97 Å². The third-order valence-corrected chi connectivity index (χ3v) is 3.68. The maximum Gasteiger partial charge on any atom is 0.318 e. The number of nitrogen functional groups attached to an aromatic ring is 1. The number of halogens is 1. The number of hydrogen-bond acceptors (Lipinski definition) is 6. The number of rotatable bonds is 4. The number of anilines is 2. The molecule has 0 aliphatic rings. The maximum absolute atomic E-state index is 13.5. The number of nitrogens with zero attached hydrogens (tertiary/aromatic N) is 2. The normalized spacial score (nSPS) is 11.1. The first-order chi connectivity index (χ1) is 9.42. The molecule has 0 unspecified atom stereocenters. The van der Waals surface area contributed by atoms with Gasteiger partial charge in [-0.25, -0.2) is 17.8 Å². The molecule has 0 bridgehead atoms. The van der Waals surface area contributed by atoms with Gasteiger partial charge in [0.2, 0.25) is 0 Å². The summed E-state index contributed by atoms with van der Waals surface area (Å²) < 4.78 is 44.3. The predicted molar refractivity (Wildman–Crippen MR) is 70.2 cm³/mol. The van der Waals surface area contributed by atoms with Crippen LogP contribution in [0.5, 0.6) is 6.01 Å². The van der Waals surface area contributed by atoms with Crippen LogP contribution in [0.25, 0.3) is 0 Å². The molecular formula is C11H11FN4O3S. The van der Waals surface area contributed by atoms with E-state index < -0.39 is 21.7 Å². The van der Waals surface area contributed by atoms with Crippen LogP contribution in [0.3, 0.4) is 0 Å². The van der Waals surface area contributed by atoms with Gasteiger partial charge < -0.3 is 10.5 Å². The van der Waals surface area contributed by atoms with E-state index in [0.29, 0.717) is 5.69 Å². The quantitative estimate of drug-likeness (QED) is 0.816. The molecule has 9 heteroatoms. The Balaban J connectivity index is 2.35. The van der Waals surface area contributed by atoms with Crippen molar-refractivity contribution in [1.29, 1.82) is 0 Å². The Morgan fingerprint density at radius 3 is 2.55 bits per heavy atom. The van der Waals surface area contributed by atoms with E-state index in [4.69, 9.17) is 10.5 Å². The van der Waals surface area contributed by atoms with Crippen molar-refractivity contribution < 1.29 is 17.5 Å². The van der Waals surface area contributed by atoms with E-state index in [1.165, 1.54) is 31.4 Å². The Hall–Kier alpha value is -2.42. The summed E-state index contributed by atoms with van der Waals surface area (Å²) in [5.74, 6) is -1.40. The molecule has 0 radical (unpaired) electrons. The third-order valence-electron chi connectivity index (χ3n) is 2.33. The van der Waals surface area contributed by atoms with E-state index in [0.717, 1.165) is 6.20 Å². The van der Waals surface area contributed by atoms with Gasteiger partial charge in [0.25, 0.3) is 10.0 Å². The highest BCUT2D eigenvalue weighted by Gasteiger charge is 2.18. The first-order valence-electron chi connectivity index (χ1n) is 5.37. The SMILES string of the molecule is COc1ncc(F)c(NS(=O)(=O)c2ccc(N)cc2)n1. The molecule has 106 valence electrons. The van der Waals surface area contributed by atoms with Crippen LogP contribution in [-0.4, -0.2) is 25.5 Å². The average Bonchev–Trinajstić information content (AvgIpc) is 2.41. The molecule has 0 saturated carbocycles. The molecular weight excluding hydrogens is 287 g/mol. The number of methoxy groups -OCH3 is 1. The van der Waals surface area contributed by atoms with Crippen molar-refractivity contribution in [3.05, 3.63) is 36.3 Å². The zero-order valence-electron chi connectivity index (χ0n) is 10.4. The number of aromatic nitrogens is 2. The summed E-state index contributed by atoms with van der Waals surface area (Å²) in [5.41, 5.74) is 5.89. The summed E-state index contributed by atoms with van der Waals surface area (Å²) in [4.78, 5) is 7.04. The number of sulfonamides is 1. The second kappa shape index (κ2) is 5.29. The summed E-state index contributed by atoms with van der Waals surface area (Å²) in [6.45, 7) is 0. The smallest absolute Gasteiger partial charge is 0.318 e. The first-order valence-corrected chi connectivity index (χ1v) is 6.85. The minimum Gasteiger partial charge on any atom is -0.467 e. The van der Waals surface area contributed by atoms with Gasteiger partial charge in [0.1, 0.15) is 0 Å². The van der Waals surface area contributed by atoms with Crippen LogP contribution in [0, 0.1) is 5.82 Å². The number of nitrogens with two attached hydrogens (primary N) is 1. The van der Waals surface area contributed by atoms with E-state index in [9.17, 15) is 12.8 Å². The molecule has 20 heavy (non-hydrogen) atoms.